The second kappa shape index (κ2) is 7.45. The second-order valence-electron chi connectivity index (χ2n) is 5.21. The number of ketones is 1. The number of anilines is 1. The zero-order valence-corrected chi connectivity index (χ0v) is 13.6. The summed E-state index contributed by atoms with van der Waals surface area (Å²) in [5, 5.41) is 2.61. The number of hydrogen-bond donors (Lipinski definition) is 1. The van der Waals surface area contributed by atoms with Gasteiger partial charge in [-0.05, 0) is 45.0 Å². The molecule has 0 bridgehead atoms. The molecule has 0 aliphatic carbocycles. The van der Waals surface area contributed by atoms with Crippen LogP contribution in [-0.2, 0) is 9.53 Å². The third-order valence-electron chi connectivity index (χ3n) is 3.20. The van der Waals surface area contributed by atoms with Crippen molar-refractivity contribution in [3.63, 3.8) is 0 Å². The molecule has 0 radical (unpaired) electrons. The van der Waals surface area contributed by atoms with Crippen LogP contribution < -0.4 is 5.32 Å². The first-order valence-electron chi connectivity index (χ1n) is 7.28. The van der Waals surface area contributed by atoms with Gasteiger partial charge in [0.05, 0.1) is 11.9 Å². The number of Topliss-reactive ketones (excluding diaryl/α,β-unsaturated/α-hetero) is 1. The molecule has 0 spiro atoms. The lowest BCUT2D eigenvalue weighted by atomic mass is 10.1. The van der Waals surface area contributed by atoms with Gasteiger partial charge in [0, 0.05) is 17.4 Å². The topological polar surface area (TPSA) is 98.2 Å². The summed E-state index contributed by atoms with van der Waals surface area (Å²) >= 11 is 0. The van der Waals surface area contributed by atoms with Crippen molar-refractivity contribution in [3.8, 4) is 0 Å². The molecule has 24 heavy (non-hydrogen) atoms. The van der Waals surface area contributed by atoms with Crippen molar-refractivity contribution in [2.45, 2.75) is 26.9 Å². The van der Waals surface area contributed by atoms with Gasteiger partial charge in [0.15, 0.2) is 17.6 Å². The van der Waals surface area contributed by atoms with Crippen LogP contribution in [0.5, 0.6) is 0 Å². The quantitative estimate of drug-likeness (QED) is 0.667. The lowest BCUT2D eigenvalue weighted by Gasteiger charge is -2.13. The van der Waals surface area contributed by atoms with Gasteiger partial charge in [0.1, 0.15) is 0 Å². The fourth-order valence-electron chi connectivity index (χ4n) is 1.80. The van der Waals surface area contributed by atoms with E-state index < -0.39 is 18.0 Å². The van der Waals surface area contributed by atoms with Gasteiger partial charge < -0.3 is 10.1 Å². The monoisotopic (exact) mass is 327 g/mol. The number of nitrogens with zero attached hydrogens (tertiary/aromatic N) is 2. The molecule has 0 saturated heterocycles. The minimum atomic E-state index is -1.01. The van der Waals surface area contributed by atoms with E-state index in [9.17, 15) is 14.4 Å². The van der Waals surface area contributed by atoms with Crippen molar-refractivity contribution in [2.75, 3.05) is 5.32 Å². The van der Waals surface area contributed by atoms with E-state index >= 15 is 0 Å². The van der Waals surface area contributed by atoms with Crippen LogP contribution in [0.4, 0.5) is 5.69 Å². The molecule has 1 N–H and O–H groups in total. The molecule has 7 nitrogen and oxygen atoms in total. The van der Waals surface area contributed by atoms with Gasteiger partial charge in [-0.1, -0.05) is 0 Å². The molecule has 0 aliphatic rings. The lowest BCUT2D eigenvalue weighted by Crippen LogP contribution is -2.30. The van der Waals surface area contributed by atoms with Crippen LogP contribution in [0.2, 0.25) is 0 Å². The molecule has 1 atom stereocenters. The van der Waals surface area contributed by atoms with E-state index in [1.54, 1.807) is 31.2 Å². The zero-order valence-electron chi connectivity index (χ0n) is 13.6. The van der Waals surface area contributed by atoms with E-state index in [0.29, 0.717) is 16.9 Å². The molecule has 1 heterocycles. The average molecular weight is 327 g/mol. The number of ether oxygens (including phenoxy) is 1. The maximum atomic E-state index is 12.1. The molecule has 0 unspecified atom stereocenters. The first kappa shape index (κ1) is 17.3. The standard InChI is InChI=1S/C17H17N3O4/c1-10-8-19-15(9-18-10)17(23)24-12(3)16(22)20-14-6-4-13(5-7-14)11(2)21/h4-9,12H,1-3H3,(H,20,22)/t12-/m1/s1. The summed E-state index contributed by atoms with van der Waals surface area (Å²) in [7, 11) is 0. The third kappa shape index (κ3) is 4.45. The number of aryl methyl sites for hydroxylation is 1. The largest absolute Gasteiger partial charge is 0.448 e. The molecule has 0 aliphatic heterocycles. The van der Waals surface area contributed by atoms with E-state index in [1.807, 2.05) is 0 Å². The molecule has 2 aromatic rings. The predicted molar refractivity (Wildman–Crippen MR) is 86.7 cm³/mol. The molecule has 2 rings (SSSR count). The van der Waals surface area contributed by atoms with Gasteiger partial charge in [-0.3, -0.25) is 14.6 Å². The van der Waals surface area contributed by atoms with E-state index in [2.05, 4.69) is 15.3 Å². The molecule has 0 fully saturated rings. The number of hydrogen-bond acceptors (Lipinski definition) is 6. The van der Waals surface area contributed by atoms with Crippen molar-refractivity contribution < 1.29 is 19.1 Å². The lowest BCUT2D eigenvalue weighted by molar-refractivity contribution is -0.123. The Hall–Kier alpha value is -3.09. The van der Waals surface area contributed by atoms with E-state index in [4.69, 9.17) is 4.74 Å². The van der Waals surface area contributed by atoms with Gasteiger partial charge >= 0.3 is 5.97 Å². The molecule has 1 aromatic carbocycles. The Kier molecular flexibility index (Phi) is 5.36. The summed E-state index contributed by atoms with van der Waals surface area (Å²) in [6.45, 7) is 4.66. The Bertz CT molecular complexity index is 754. The fraction of sp³-hybridized carbons (Fsp3) is 0.235. The number of carbonyl (C=O) groups excluding carboxylic acids is 3. The van der Waals surface area contributed by atoms with Gasteiger partial charge in [-0.2, -0.15) is 0 Å². The summed E-state index contributed by atoms with van der Waals surface area (Å²) in [4.78, 5) is 43.0. The first-order chi connectivity index (χ1) is 11.4. The molecule has 0 saturated carbocycles. The van der Waals surface area contributed by atoms with Crippen LogP contribution >= 0.6 is 0 Å². The van der Waals surface area contributed by atoms with E-state index in [0.717, 1.165) is 0 Å². The maximum absolute atomic E-state index is 12.1. The summed E-state index contributed by atoms with van der Waals surface area (Å²) in [6, 6.07) is 6.43. The van der Waals surface area contributed by atoms with Crippen molar-refractivity contribution in [3.05, 3.63) is 53.6 Å². The molecular formula is C17H17N3O4. The van der Waals surface area contributed by atoms with Gasteiger partial charge in [-0.25, -0.2) is 9.78 Å². The second-order valence-corrected chi connectivity index (χ2v) is 5.21. The van der Waals surface area contributed by atoms with Crippen LogP contribution in [0, 0.1) is 6.92 Å². The van der Waals surface area contributed by atoms with Gasteiger partial charge in [-0.15, -0.1) is 0 Å². The average Bonchev–Trinajstić information content (AvgIpc) is 2.55. The SMILES string of the molecule is CC(=O)c1ccc(NC(=O)[C@@H](C)OC(=O)c2cnc(C)cn2)cc1. The van der Waals surface area contributed by atoms with Crippen molar-refractivity contribution >= 4 is 23.3 Å². The Morgan fingerprint density at radius 3 is 2.29 bits per heavy atom. The molecule has 7 heteroatoms. The number of nitrogens with one attached hydrogen (secondary N) is 1. The zero-order chi connectivity index (χ0) is 17.7. The molecule has 1 amide bonds. The normalized spacial score (nSPS) is 11.5. The minimum absolute atomic E-state index is 0.0334. The highest BCUT2D eigenvalue weighted by atomic mass is 16.5. The van der Waals surface area contributed by atoms with Crippen LogP contribution in [0.25, 0.3) is 0 Å². The minimum Gasteiger partial charge on any atom is -0.448 e. The molecule has 1 aromatic heterocycles. The fourth-order valence-corrected chi connectivity index (χ4v) is 1.80. The Labute approximate surface area is 139 Å². The summed E-state index contributed by atoms with van der Waals surface area (Å²) in [5.41, 5.74) is 1.76. The predicted octanol–water partition coefficient (Wildman–Crippen LogP) is 2.17. The third-order valence-corrected chi connectivity index (χ3v) is 3.20. The summed E-state index contributed by atoms with van der Waals surface area (Å²) in [6.07, 6.45) is 1.73. The number of benzene rings is 1. The summed E-state index contributed by atoms with van der Waals surface area (Å²) in [5.74, 6) is -1.27. The van der Waals surface area contributed by atoms with Crippen molar-refractivity contribution in [2.24, 2.45) is 0 Å². The Morgan fingerprint density at radius 1 is 1.08 bits per heavy atom. The highest BCUT2D eigenvalue weighted by Crippen LogP contribution is 2.11. The van der Waals surface area contributed by atoms with Crippen LogP contribution in [0.15, 0.2) is 36.7 Å². The smallest absolute Gasteiger partial charge is 0.359 e. The van der Waals surface area contributed by atoms with Crippen LogP contribution in [-0.4, -0.2) is 33.7 Å². The number of amides is 1. The maximum Gasteiger partial charge on any atom is 0.359 e. The Morgan fingerprint density at radius 2 is 1.75 bits per heavy atom. The number of carbonyl (C=O) groups is 3. The van der Waals surface area contributed by atoms with Crippen molar-refractivity contribution in [1.29, 1.82) is 0 Å². The van der Waals surface area contributed by atoms with Crippen LogP contribution in [0.3, 0.4) is 0 Å². The van der Waals surface area contributed by atoms with Gasteiger partial charge in [0.2, 0.25) is 0 Å². The highest BCUT2D eigenvalue weighted by Gasteiger charge is 2.20. The Balaban J connectivity index is 1.95. The van der Waals surface area contributed by atoms with E-state index in [-0.39, 0.29) is 11.5 Å². The summed E-state index contributed by atoms with van der Waals surface area (Å²) < 4.78 is 5.06. The number of esters is 1. The van der Waals surface area contributed by atoms with Gasteiger partial charge in [0.25, 0.3) is 5.91 Å². The number of rotatable bonds is 5. The molecule has 124 valence electrons. The number of aromatic nitrogens is 2. The van der Waals surface area contributed by atoms with Crippen molar-refractivity contribution in [1.82, 2.24) is 9.97 Å². The highest BCUT2D eigenvalue weighted by molar-refractivity contribution is 5.98. The first-order valence-corrected chi connectivity index (χ1v) is 7.28. The van der Waals surface area contributed by atoms with E-state index in [1.165, 1.54) is 26.2 Å². The van der Waals surface area contributed by atoms with Crippen LogP contribution in [0.1, 0.15) is 40.4 Å². The molecular weight excluding hydrogens is 310 g/mol.